The Kier molecular flexibility index (Phi) is 8.05. The molecule has 1 N–H and O–H groups in total. The highest BCUT2D eigenvalue weighted by Crippen LogP contribution is 2.50. The number of ketones is 1. The summed E-state index contributed by atoms with van der Waals surface area (Å²) >= 11 is 0. The van der Waals surface area contributed by atoms with Crippen molar-refractivity contribution in [2.24, 2.45) is 0 Å². The molecule has 5 rings (SSSR count). The van der Waals surface area contributed by atoms with Crippen LogP contribution in [0.5, 0.6) is 23.0 Å². The molecule has 0 bridgehead atoms. The molecule has 0 aromatic heterocycles. The van der Waals surface area contributed by atoms with Crippen LogP contribution in [-0.4, -0.2) is 46.3 Å². The monoisotopic (exact) mass is 547 g/mol. The molecule has 2 aliphatic carbocycles. The number of carbonyl (C=O) groups is 2. The van der Waals surface area contributed by atoms with Crippen molar-refractivity contribution in [1.29, 1.82) is 0 Å². The second-order valence-electron chi connectivity index (χ2n) is 10.5. The molecule has 40 heavy (non-hydrogen) atoms. The number of hydrogen-bond acceptors (Lipinski definition) is 8. The molecule has 8 nitrogen and oxygen atoms in total. The first-order chi connectivity index (χ1) is 19.4. The molecule has 2 aromatic rings. The van der Waals surface area contributed by atoms with Gasteiger partial charge in [0.15, 0.2) is 17.3 Å². The third kappa shape index (κ3) is 5.03. The van der Waals surface area contributed by atoms with E-state index >= 15 is 0 Å². The van der Waals surface area contributed by atoms with E-state index in [1.165, 1.54) is 0 Å². The largest absolute Gasteiger partial charge is 0.496 e. The van der Waals surface area contributed by atoms with Crippen LogP contribution in [0.3, 0.4) is 0 Å². The summed E-state index contributed by atoms with van der Waals surface area (Å²) < 4.78 is 28.4. The van der Waals surface area contributed by atoms with Gasteiger partial charge in [-0.3, -0.25) is 4.79 Å². The second-order valence-corrected chi connectivity index (χ2v) is 10.5. The van der Waals surface area contributed by atoms with Crippen molar-refractivity contribution in [3.05, 3.63) is 70.1 Å². The number of para-hydroxylation sites is 1. The first kappa shape index (κ1) is 27.6. The van der Waals surface area contributed by atoms with Crippen LogP contribution in [0, 0.1) is 0 Å². The molecular weight excluding hydrogens is 510 g/mol. The number of carbonyl (C=O) groups excluding carboxylic acids is 2. The topological polar surface area (TPSA) is 92.3 Å². The van der Waals surface area contributed by atoms with E-state index < -0.39 is 11.9 Å². The molecule has 212 valence electrons. The van der Waals surface area contributed by atoms with Crippen molar-refractivity contribution in [1.82, 2.24) is 5.32 Å². The summed E-state index contributed by atoms with van der Waals surface area (Å²) in [7, 11) is 6.28. The van der Waals surface area contributed by atoms with E-state index in [0.29, 0.717) is 52.5 Å². The van der Waals surface area contributed by atoms with Gasteiger partial charge >= 0.3 is 5.97 Å². The van der Waals surface area contributed by atoms with E-state index in [4.69, 9.17) is 23.7 Å². The number of Topliss-reactive ketones (excluding diaryl/α,β-unsaturated/α-hetero) is 1. The number of nitrogens with one attached hydrogen (secondary N) is 1. The minimum absolute atomic E-state index is 0.0259. The van der Waals surface area contributed by atoms with Gasteiger partial charge < -0.3 is 29.0 Å². The average molecular weight is 548 g/mol. The summed E-state index contributed by atoms with van der Waals surface area (Å²) in [5.41, 5.74) is 4.18. The maximum atomic E-state index is 14.0. The van der Waals surface area contributed by atoms with Crippen LogP contribution in [0.1, 0.15) is 68.4 Å². The van der Waals surface area contributed by atoms with Crippen molar-refractivity contribution in [2.75, 3.05) is 28.4 Å². The number of allylic oxidation sites excluding steroid dienone is 3. The SMILES string of the molecule is COc1ccccc1[C@H]1CC(=O)C2=C(C1)NC(C)=C(C(=O)OC1CCCC1)[C@@H]2c1cc(OC)c(OC)c(OC)c1. The molecule has 3 aliphatic rings. The molecule has 0 amide bonds. The fourth-order valence-corrected chi connectivity index (χ4v) is 6.36. The molecule has 2 atom stereocenters. The first-order valence-electron chi connectivity index (χ1n) is 13.8. The summed E-state index contributed by atoms with van der Waals surface area (Å²) in [6, 6.07) is 11.4. The molecule has 0 unspecified atom stereocenters. The van der Waals surface area contributed by atoms with Gasteiger partial charge in [0.05, 0.1) is 34.0 Å². The predicted octanol–water partition coefficient (Wildman–Crippen LogP) is 5.57. The summed E-state index contributed by atoms with van der Waals surface area (Å²) in [4.78, 5) is 27.8. The van der Waals surface area contributed by atoms with Gasteiger partial charge in [0, 0.05) is 35.2 Å². The molecule has 1 heterocycles. The Labute approximate surface area is 235 Å². The van der Waals surface area contributed by atoms with Gasteiger partial charge in [0.1, 0.15) is 11.9 Å². The highest BCUT2D eigenvalue weighted by molar-refractivity contribution is 6.04. The third-order valence-electron chi connectivity index (χ3n) is 8.22. The number of esters is 1. The molecule has 1 fully saturated rings. The number of benzene rings is 2. The summed E-state index contributed by atoms with van der Waals surface area (Å²) in [6.07, 6.45) is 4.59. The lowest BCUT2D eigenvalue weighted by Crippen LogP contribution is -2.36. The molecule has 1 aliphatic heterocycles. The molecular formula is C32H37NO7. The van der Waals surface area contributed by atoms with Crippen LogP contribution in [0.2, 0.25) is 0 Å². The summed E-state index contributed by atoms with van der Waals surface area (Å²) in [6.45, 7) is 1.87. The maximum Gasteiger partial charge on any atom is 0.337 e. The Balaban J connectivity index is 1.63. The Bertz CT molecular complexity index is 1340. The van der Waals surface area contributed by atoms with E-state index in [0.717, 1.165) is 42.7 Å². The van der Waals surface area contributed by atoms with Crippen molar-refractivity contribution in [3.63, 3.8) is 0 Å². The zero-order valence-electron chi connectivity index (χ0n) is 23.8. The van der Waals surface area contributed by atoms with Gasteiger partial charge in [-0.1, -0.05) is 18.2 Å². The number of methoxy groups -OCH3 is 4. The molecule has 2 aromatic carbocycles. The predicted molar refractivity (Wildman–Crippen MR) is 150 cm³/mol. The normalized spacial score (nSPS) is 21.1. The van der Waals surface area contributed by atoms with Gasteiger partial charge in [-0.05, 0) is 68.4 Å². The Morgan fingerprint density at radius 3 is 2.15 bits per heavy atom. The van der Waals surface area contributed by atoms with E-state index in [1.807, 2.05) is 43.3 Å². The maximum absolute atomic E-state index is 14.0. The number of dihydropyridines is 1. The fourth-order valence-electron chi connectivity index (χ4n) is 6.36. The van der Waals surface area contributed by atoms with Crippen LogP contribution in [-0.2, 0) is 14.3 Å². The van der Waals surface area contributed by atoms with Crippen molar-refractivity contribution >= 4 is 11.8 Å². The zero-order chi connectivity index (χ0) is 28.4. The van der Waals surface area contributed by atoms with Crippen LogP contribution < -0.4 is 24.3 Å². The molecule has 0 saturated heterocycles. The minimum Gasteiger partial charge on any atom is -0.496 e. The van der Waals surface area contributed by atoms with Crippen LogP contribution in [0.25, 0.3) is 0 Å². The quantitative estimate of drug-likeness (QED) is 0.429. The van der Waals surface area contributed by atoms with Gasteiger partial charge in [-0.25, -0.2) is 4.79 Å². The lowest BCUT2D eigenvalue weighted by Gasteiger charge is -2.37. The van der Waals surface area contributed by atoms with Crippen molar-refractivity contribution in [2.45, 2.75) is 63.4 Å². The number of hydrogen-bond donors (Lipinski definition) is 1. The van der Waals surface area contributed by atoms with Gasteiger partial charge in [0.2, 0.25) is 5.75 Å². The number of rotatable bonds is 8. The fraction of sp³-hybridized carbons (Fsp3) is 0.438. The lowest BCUT2D eigenvalue weighted by atomic mass is 9.71. The van der Waals surface area contributed by atoms with E-state index in [-0.39, 0.29) is 17.8 Å². The zero-order valence-corrected chi connectivity index (χ0v) is 23.8. The molecule has 8 heteroatoms. The second kappa shape index (κ2) is 11.7. The highest BCUT2D eigenvalue weighted by atomic mass is 16.5. The van der Waals surface area contributed by atoms with Crippen LogP contribution in [0.15, 0.2) is 58.9 Å². The Morgan fingerprint density at radius 2 is 1.52 bits per heavy atom. The molecule has 1 saturated carbocycles. The van der Waals surface area contributed by atoms with Crippen molar-refractivity contribution < 1.29 is 33.3 Å². The highest BCUT2D eigenvalue weighted by Gasteiger charge is 2.43. The standard InChI is InChI=1S/C32H37NO7/c1-18-28(32(35)40-21-10-6-7-11-21)29(20-16-26(37-3)31(39-5)27(17-20)38-4)30-23(33-18)14-19(15-24(30)34)22-12-8-9-13-25(22)36-2/h8-9,12-13,16-17,19,21,29,33H,6-7,10-11,14-15H2,1-5H3/t19-,29+/m1/s1. The first-order valence-corrected chi connectivity index (χ1v) is 13.8. The van der Waals surface area contributed by atoms with Gasteiger partial charge in [-0.15, -0.1) is 0 Å². The van der Waals surface area contributed by atoms with E-state index in [2.05, 4.69) is 5.32 Å². The molecule has 0 radical (unpaired) electrons. The summed E-state index contributed by atoms with van der Waals surface area (Å²) in [5, 5.41) is 3.43. The minimum atomic E-state index is -0.648. The third-order valence-corrected chi connectivity index (χ3v) is 8.22. The Morgan fingerprint density at radius 1 is 0.875 bits per heavy atom. The van der Waals surface area contributed by atoms with Gasteiger partial charge in [0.25, 0.3) is 0 Å². The smallest absolute Gasteiger partial charge is 0.337 e. The van der Waals surface area contributed by atoms with Crippen molar-refractivity contribution in [3.8, 4) is 23.0 Å². The lowest BCUT2D eigenvalue weighted by molar-refractivity contribution is -0.144. The van der Waals surface area contributed by atoms with E-state index in [9.17, 15) is 9.59 Å². The van der Waals surface area contributed by atoms with Crippen LogP contribution in [0.4, 0.5) is 0 Å². The molecule has 0 spiro atoms. The van der Waals surface area contributed by atoms with Gasteiger partial charge in [-0.2, -0.15) is 0 Å². The Hall–Kier alpha value is -3.94. The average Bonchev–Trinajstić information content (AvgIpc) is 3.48. The van der Waals surface area contributed by atoms with Crippen LogP contribution >= 0.6 is 0 Å². The summed E-state index contributed by atoms with van der Waals surface area (Å²) in [5.74, 6) is 0.972. The number of ether oxygens (including phenoxy) is 5. The van der Waals surface area contributed by atoms with E-state index in [1.54, 1.807) is 28.4 Å².